The Hall–Kier alpha value is -2.20. The standard InChI is InChI=1S/C23H23O4PS/c24-21(23(25)26)14-13-19(17-7-2-1-3-8-17)15-28(27)16-29-22-12-6-10-18-9-4-5-11-20(18)22/h1-12,19,21,24H,13-16H2/p+1. The summed E-state index contributed by atoms with van der Waals surface area (Å²) < 4.78 is 12.9. The Kier molecular flexibility index (Phi) is 7.82. The van der Waals surface area contributed by atoms with Crippen molar-refractivity contribution in [2.45, 2.75) is 29.8 Å². The van der Waals surface area contributed by atoms with Gasteiger partial charge in [0, 0.05) is 10.8 Å². The molecule has 0 heterocycles. The molecule has 150 valence electrons. The van der Waals surface area contributed by atoms with Crippen LogP contribution in [-0.4, -0.2) is 33.9 Å². The molecule has 2 N–H and O–H groups in total. The zero-order valence-corrected chi connectivity index (χ0v) is 17.7. The van der Waals surface area contributed by atoms with Crippen molar-refractivity contribution in [3.63, 3.8) is 0 Å². The molecule has 3 atom stereocenters. The Morgan fingerprint density at radius 1 is 0.931 bits per heavy atom. The van der Waals surface area contributed by atoms with Gasteiger partial charge in [0.05, 0.1) is 0 Å². The highest BCUT2D eigenvalue weighted by molar-refractivity contribution is 8.04. The summed E-state index contributed by atoms with van der Waals surface area (Å²) in [6.45, 7) is 0. The molecule has 6 heteroatoms. The molecule has 0 bridgehead atoms. The van der Waals surface area contributed by atoms with Gasteiger partial charge in [-0.05, 0) is 35.2 Å². The largest absolute Gasteiger partial charge is 0.479 e. The molecule has 3 aromatic carbocycles. The van der Waals surface area contributed by atoms with Crippen LogP contribution in [0.1, 0.15) is 24.3 Å². The van der Waals surface area contributed by atoms with Gasteiger partial charge in [0.1, 0.15) is 0 Å². The van der Waals surface area contributed by atoms with Gasteiger partial charge in [-0.15, -0.1) is 0 Å². The van der Waals surface area contributed by atoms with E-state index in [0.717, 1.165) is 21.2 Å². The highest BCUT2D eigenvalue weighted by Gasteiger charge is 2.26. The van der Waals surface area contributed by atoms with Crippen molar-refractivity contribution in [2.24, 2.45) is 0 Å². The summed E-state index contributed by atoms with van der Waals surface area (Å²) in [5.41, 5.74) is 1.54. The number of aliphatic hydroxyl groups excluding tert-OH is 1. The summed E-state index contributed by atoms with van der Waals surface area (Å²) in [5.74, 6) is -1.25. The second-order valence-corrected chi connectivity index (χ2v) is 10.0. The van der Waals surface area contributed by atoms with Crippen LogP contribution in [-0.2, 0) is 9.36 Å². The number of fused-ring (bicyclic) bond motifs is 1. The monoisotopic (exact) mass is 427 g/mol. The van der Waals surface area contributed by atoms with E-state index in [1.165, 1.54) is 0 Å². The first kappa shape index (κ1) is 21.5. The van der Waals surface area contributed by atoms with E-state index in [9.17, 15) is 14.5 Å². The van der Waals surface area contributed by atoms with Crippen LogP contribution in [0, 0.1) is 0 Å². The molecule has 3 aromatic rings. The van der Waals surface area contributed by atoms with E-state index in [4.69, 9.17) is 5.11 Å². The van der Waals surface area contributed by atoms with Crippen LogP contribution in [0.5, 0.6) is 0 Å². The lowest BCUT2D eigenvalue weighted by Crippen LogP contribution is -2.20. The molecule has 0 fully saturated rings. The molecule has 0 spiro atoms. The molecule has 0 saturated heterocycles. The normalized spacial score (nSPS) is 13.8. The summed E-state index contributed by atoms with van der Waals surface area (Å²) in [5, 5.41) is 20.9. The van der Waals surface area contributed by atoms with E-state index < -0.39 is 19.9 Å². The minimum atomic E-state index is -1.48. The molecule has 3 rings (SSSR count). The first-order chi connectivity index (χ1) is 14.0. The summed E-state index contributed by atoms with van der Waals surface area (Å²) in [6.07, 6.45) is -0.278. The Bertz CT molecular complexity index is 972. The fourth-order valence-electron chi connectivity index (χ4n) is 3.33. The van der Waals surface area contributed by atoms with E-state index >= 15 is 0 Å². The van der Waals surface area contributed by atoms with Gasteiger partial charge in [0.15, 0.2) is 17.8 Å². The number of aliphatic hydroxyl groups is 1. The zero-order chi connectivity index (χ0) is 20.6. The Morgan fingerprint density at radius 3 is 2.38 bits per heavy atom. The van der Waals surface area contributed by atoms with Gasteiger partial charge in [0.2, 0.25) is 0 Å². The third-order valence-corrected chi connectivity index (χ3v) is 8.07. The molecule has 4 nitrogen and oxygen atoms in total. The third-order valence-electron chi connectivity index (χ3n) is 4.88. The molecule has 0 aromatic heterocycles. The zero-order valence-electron chi connectivity index (χ0n) is 16.0. The van der Waals surface area contributed by atoms with E-state index in [1.54, 1.807) is 11.8 Å². The number of carboxylic acid groups (broad SMARTS) is 1. The van der Waals surface area contributed by atoms with Crippen LogP contribution < -0.4 is 0 Å². The number of benzene rings is 3. The van der Waals surface area contributed by atoms with E-state index in [-0.39, 0.29) is 12.3 Å². The molecule has 0 amide bonds. The first-order valence-corrected chi connectivity index (χ1v) is 12.1. The second kappa shape index (κ2) is 10.5. The molecule has 0 radical (unpaired) electrons. The number of hydrogen-bond acceptors (Lipinski definition) is 4. The van der Waals surface area contributed by atoms with Crippen molar-refractivity contribution in [3.8, 4) is 0 Å². The number of aliphatic carboxylic acids is 1. The van der Waals surface area contributed by atoms with E-state index in [2.05, 4.69) is 18.2 Å². The highest BCUT2D eigenvalue weighted by Crippen LogP contribution is 2.39. The van der Waals surface area contributed by atoms with Crippen LogP contribution in [0.15, 0.2) is 77.7 Å². The maximum atomic E-state index is 12.9. The molecule has 0 aliphatic heterocycles. The number of hydrogen-bond donors (Lipinski definition) is 2. The summed E-state index contributed by atoms with van der Waals surface area (Å²) in [6, 6.07) is 24.0. The smallest absolute Gasteiger partial charge is 0.350 e. The minimum Gasteiger partial charge on any atom is -0.479 e. The van der Waals surface area contributed by atoms with Crippen molar-refractivity contribution >= 4 is 36.3 Å². The van der Waals surface area contributed by atoms with E-state index in [0.29, 0.717) is 18.1 Å². The molecule has 0 saturated carbocycles. The van der Waals surface area contributed by atoms with Crippen LogP contribution in [0.25, 0.3) is 10.8 Å². The number of carbonyl (C=O) groups is 1. The van der Waals surface area contributed by atoms with Gasteiger partial charge < -0.3 is 10.2 Å². The summed E-state index contributed by atoms with van der Waals surface area (Å²) >= 11 is 1.60. The van der Waals surface area contributed by atoms with Crippen molar-refractivity contribution in [3.05, 3.63) is 78.4 Å². The predicted octanol–water partition coefficient (Wildman–Crippen LogP) is 5.73. The van der Waals surface area contributed by atoms with Crippen LogP contribution in [0.4, 0.5) is 0 Å². The molecule has 29 heavy (non-hydrogen) atoms. The van der Waals surface area contributed by atoms with Gasteiger partial charge >= 0.3 is 13.8 Å². The maximum absolute atomic E-state index is 12.9. The fraction of sp³-hybridized carbons (Fsp3) is 0.261. The highest BCUT2D eigenvalue weighted by atomic mass is 32.2. The van der Waals surface area contributed by atoms with Gasteiger partial charge in [-0.25, -0.2) is 4.79 Å². The van der Waals surface area contributed by atoms with E-state index in [1.807, 2.05) is 54.6 Å². The molecule has 3 unspecified atom stereocenters. The Morgan fingerprint density at radius 2 is 1.62 bits per heavy atom. The lowest BCUT2D eigenvalue weighted by Gasteiger charge is -2.14. The Labute approximate surface area is 175 Å². The van der Waals surface area contributed by atoms with Gasteiger partial charge in [-0.2, -0.15) is 0 Å². The molecule has 0 aliphatic rings. The lowest BCUT2D eigenvalue weighted by molar-refractivity contribution is -0.147. The molecular weight excluding hydrogens is 403 g/mol. The van der Waals surface area contributed by atoms with Crippen molar-refractivity contribution < 1.29 is 19.6 Å². The van der Waals surface area contributed by atoms with Gasteiger partial charge in [0.25, 0.3) is 0 Å². The number of thioether (sulfide) groups is 1. The van der Waals surface area contributed by atoms with Crippen LogP contribution in [0.2, 0.25) is 0 Å². The SMILES string of the molecule is O=C(O)C(O)CCC(C[P+](=O)CSc1cccc2ccccc12)c1ccccc1. The van der Waals surface area contributed by atoms with Gasteiger partial charge in [-0.3, -0.25) is 0 Å². The summed E-state index contributed by atoms with van der Waals surface area (Å²) in [4.78, 5) is 12.0. The average molecular weight is 427 g/mol. The summed E-state index contributed by atoms with van der Waals surface area (Å²) in [7, 11) is -1.48. The molecular formula is C23H24O4PS+. The van der Waals surface area contributed by atoms with Gasteiger partial charge in [-0.1, -0.05) is 83.1 Å². The number of carboxylic acids is 1. The fourth-order valence-corrected chi connectivity index (χ4v) is 6.29. The number of rotatable bonds is 10. The Balaban J connectivity index is 1.65. The maximum Gasteiger partial charge on any atom is 0.350 e. The average Bonchev–Trinajstić information content (AvgIpc) is 2.75. The van der Waals surface area contributed by atoms with Crippen molar-refractivity contribution in [1.82, 2.24) is 0 Å². The molecule has 0 aliphatic carbocycles. The first-order valence-electron chi connectivity index (χ1n) is 9.53. The lowest BCUT2D eigenvalue weighted by atomic mass is 9.94. The van der Waals surface area contributed by atoms with Crippen LogP contribution in [0.3, 0.4) is 0 Å². The third kappa shape index (κ3) is 6.14. The van der Waals surface area contributed by atoms with Crippen LogP contribution >= 0.6 is 19.6 Å². The second-order valence-electron chi connectivity index (χ2n) is 6.95. The topological polar surface area (TPSA) is 74.6 Å². The minimum absolute atomic E-state index is 0.0399. The quantitative estimate of drug-likeness (QED) is 0.319. The predicted molar refractivity (Wildman–Crippen MR) is 119 cm³/mol. The van der Waals surface area contributed by atoms with Crippen molar-refractivity contribution in [1.29, 1.82) is 0 Å². The van der Waals surface area contributed by atoms with Crippen molar-refractivity contribution in [2.75, 3.05) is 11.7 Å².